The SMILES string of the molecule is O=C(O)CCCCCCCC/C=C/CCI. The van der Waals surface area contributed by atoms with E-state index in [-0.39, 0.29) is 0 Å². The molecule has 0 amide bonds. The highest BCUT2D eigenvalue weighted by atomic mass is 127. The second-order valence-corrected chi connectivity index (χ2v) is 5.08. The fourth-order valence-electron chi connectivity index (χ4n) is 1.54. The average Bonchev–Trinajstić information content (AvgIpc) is 2.25. The molecule has 2 nitrogen and oxygen atoms in total. The van der Waals surface area contributed by atoms with E-state index in [1.807, 2.05) is 0 Å². The number of halogens is 1. The topological polar surface area (TPSA) is 37.3 Å². The van der Waals surface area contributed by atoms with E-state index in [4.69, 9.17) is 5.11 Å². The number of carboxylic acids is 1. The van der Waals surface area contributed by atoms with Gasteiger partial charge >= 0.3 is 5.97 Å². The Balaban J connectivity index is 3.01. The molecule has 0 aliphatic rings. The first-order chi connectivity index (χ1) is 7.77. The van der Waals surface area contributed by atoms with E-state index in [1.54, 1.807) is 0 Å². The average molecular weight is 338 g/mol. The highest BCUT2D eigenvalue weighted by Crippen LogP contribution is 2.09. The van der Waals surface area contributed by atoms with Gasteiger partial charge in [0.05, 0.1) is 0 Å². The highest BCUT2D eigenvalue weighted by molar-refractivity contribution is 14.1. The number of hydrogen-bond acceptors (Lipinski definition) is 1. The summed E-state index contributed by atoms with van der Waals surface area (Å²) in [4.78, 5) is 10.3. The number of carboxylic acid groups (broad SMARTS) is 1. The van der Waals surface area contributed by atoms with Gasteiger partial charge in [0.2, 0.25) is 0 Å². The number of aliphatic carboxylic acids is 1. The number of hydrogen-bond donors (Lipinski definition) is 1. The molecule has 0 aromatic carbocycles. The molecule has 16 heavy (non-hydrogen) atoms. The van der Waals surface area contributed by atoms with E-state index < -0.39 is 5.97 Å². The van der Waals surface area contributed by atoms with Crippen LogP contribution in [0.3, 0.4) is 0 Å². The van der Waals surface area contributed by atoms with Crippen LogP contribution in [0.5, 0.6) is 0 Å². The summed E-state index contributed by atoms with van der Waals surface area (Å²) in [5.41, 5.74) is 0. The fourth-order valence-corrected chi connectivity index (χ4v) is 1.90. The second kappa shape index (κ2) is 13.0. The summed E-state index contributed by atoms with van der Waals surface area (Å²) in [5, 5.41) is 8.45. The van der Waals surface area contributed by atoms with E-state index in [0.717, 1.165) is 12.8 Å². The van der Waals surface area contributed by atoms with E-state index >= 15 is 0 Å². The van der Waals surface area contributed by atoms with Gasteiger partial charge in [0.1, 0.15) is 0 Å². The standard InChI is InChI=1S/C13H23IO2/c14-12-10-8-6-4-2-1-3-5-7-9-11-13(15)16/h6,8H,1-5,7,9-12H2,(H,15,16)/b8-6+. The minimum Gasteiger partial charge on any atom is -0.481 e. The van der Waals surface area contributed by atoms with Crippen LogP contribution in [0, 0.1) is 0 Å². The maximum Gasteiger partial charge on any atom is 0.303 e. The van der Waals surface area contributed by atoms with Crippen molar-refractivity contribution in [3.05, 3.63) is 12.2 Å². The summed E-state index contributed by atoms with van der Waals surface area (Å²) in [6.07, 6.45) is 14.2. The molecule has 1 N–H and O–H groups in total. The molecule has 3 heteroatoms. The van der Waals surface area contributed by atoms with Gasteiger partial charge in [0.15, 0.2) is 0 Å². The van der Waals surface area contributed by atoms with E-state index in [2.05, 4.69) is 34.7 Å². The predicted octanol–water partition coefficient (Wildman–Crippen LogP) is 4.57. The van der Waals surface area contributed by atoms with Crippen LogP contribution >= 0.6 is 22.6 Å². The largest absolute Gasteiger partial charge is 0.481 e. The van der Waals surface area contributed by atoms with Crippen LogP contribution in [-0.4, -0.2) is 15.5 Å². The minimum absolute atomic E-state index is 0.332. The first-order valence-corrected chi connectivity index (χ1v) is 7.72. The Morgan fingerprint density at radius 2 is 1.50 bits per heavy atom. The maximum atomic E-state index is 10.3. The molecule has 94 valence electrons. The quantitative estimate of drug-likeness (QED) is 0.259. The van der Waals surface area contributed by atoms with Gasteiger partial charge in [-0.25, -0.2) is 0 Å². The molecule has 0 heterocycles. The van der Waals surface area contributed by atoms with Crippen LogP contribution in [0.25, 0.3) is 0 Å². The molecule has 0 unspecified atom stereocenters. The second-order valence-electron chi connectivity index (χ2n) is 4.00. The third-order valence-corrected chi connectivity index (χ3v) is 3.08. The lowest BCUT2D eigenvalue weighted by atomic mass is 10.1. The summed E-state index contributed by atoms with van der Waals surface area (Å²) in [5.74, 6) is -0.666. The van der Waals surface area contributed by atoms with Crippen molar-refractivity contribution in [3.63, 3.8) is 0 Å². The molecular formula is C13H23IO2. The number of unbranched alkanes of at least 4 members (excludes halogenated alkanes) is 6. The van der Waals surface area contributed by atoms with E-state index in [0.29, 0.717) is 6.42 Å². The number of alkyl halides is 1. The molecular weight excluding hydrogens is 315 g/mol. The van der Waals surface area contributed by atoms with Gasteiger partial charge in [-0.1, -0.05) is 60.4 Å². The van der Waals surface area contributed by atoms with Crippen molar-refractivity contribution in [2.45, 2.75) is 57.8 Å². The minimum atomic E-state index is -0.666. The van der Waals surface area contributed by atoms with Gasteiger partial charge < -0.3 is 5.11 Å². The molecule has 0 saturated carbocycles. The van der Waals surface area contributed by atoms with Crippen molar-refractivity contribution in [1.82, 2.24) is 0 Å². The van der Waals surface area contributed by atoms with Gasteiger partial charge in [-0.2, -0.15) is 0 Å². The van der Waals surface area contributed by atoms with Crippen LogP contribution < -0.4 is 0 Å². The molecule has 0 aliphatic carbocycles. The molecule has 0 radical (unpaired) electrons. The van der Waals surface area contributed by atoms with Gasteiger partial charge in [-0.3, -0.25) is 4.79 Å². The Morgan fingerprint density at radius 3 is 2.12 bits per heavy atom. The molecule has 0 saturated heterocycles. The van der Waals surface area contributed by atoms with E-state index in [1.165, 1.54) is 43.0 Å². The summed E-state index contributed by atoms with van der Waals surface area (Å²) in [6.45, 7) is 0. The first-order valence-electron chi connectivity index (χ1n) is 6.20. The van der Waals surface area contributed by atoms with Crippen LogP contribution in [0.4, 0.5) is 0 Å². The molecule has 0 fully saturated rings. The number of rotatable bonds is 11. The number of carbonyl (C=O) groups is 1. The van der Waals surface area contributed by atoms with Crippen molar-refractivity contribution in [2.75, 3.05) is 4.43 Å². The lowest BCUT2D eigenvalue weighted by Gasteiger charge is -1.99. The maximum absolute atomic E-state index is 10.3. The van der Waals surface area contributed by atoms with Gasteiger partial charge in [0, 0.05) is 10.8 Å². The summed E-state index contributed by atoms with van der Waals surface area (Å²) in [7, 11) is 0. The third kappa shape index (κ3) is 13.9. The van der Waals surface area contributed by atoms with Crippen LogP contribution in [-0.2, 0) is 4.79 Å². The fraction of sp³-hybridized carbons (Fsp3) is 0.769. The molecule has 0 atom stereocenters. The zero-order valence-corrected chi connectivity index (χ0v) is 12.1. The lowest BCUT2D eigenvalue weighted by molar-refractivity contribution is -0.137. The molecule has 0 spiro atoms. The van der Waals surface area contributed by atoms with Crippen LogP contribution in [0.15, 0.2) is 12.2 Å². The Hall–Kier alpha value is -0.0600. The van der Waals surface area contributed by atoms with Crippen molar-refractivity contribution < 1.29 is 9.90 Å². The van der Waals surface area contributed by atoms with Crippen LogP contribution in [0.1, 0.15) is 57.8 Å². The highest BCUT2D eigenvalue weighted by Gasteiger charge is 1.95. The molecule has 0 aromatic rings. The molecule has 0 aromatic heterocycles. The van der Waals surface area contributed by atoms with Crippen molar-refractivity contribution in [2.24, 2.45) is 0 Å². The Kier molecular flexibility index (Phi) is 13.0. The first kappa shape index (κ1) is 15.9. The molecule has 0 aliphatic heterocycles. The summed E-state index contributed by atoms with van der Waals surface area (Å²) >= 11 is 2.39. The van der Waals surface area contributed by atoms with Gasteiger partial charge in [0.25, 0.3) is 0 Å². The third-order valence-electron chi connectivity index (χ3n) is 2.45. The van der Waals surface area contributed by atoms with Gasteiger partial charge in [-0.05, 0) is 25.7 Å². The zero-order valence-electron chi connectivity index (χ0n) is 9.96. The monoisotopic (exact) mass is 338 g/mol. The number of allylic oxidation sites excluding steroid dienone is 2. The van der Waals surface area contributed by atoms with Gasteiger partial charge in [-0.15, -0.1) is 0 Å². The Morgan fingerprint density at radius 1 is 0.938 bits per heavy atom. The normalized spacial score (nSPS) is 11.1. The lowest BCUT2D eigenvalue weighted by Crippen LogP contribution is -1.93. The van der Waals surface area contributed by atoms with E-state index in [9.17, 15) is 4.79 Å². The van der Waals surface area contributed by atoms with Crippen molar-refractivity contribution >= 4 is 28.6 Å². The van der Waals surface area contributed by atoms with Crippen molar-refractivity contribution in [1.29, 1.82) is 0 Å². The van der Waals surface area contributed by atoms with Crippen molar-refractivity contribution in [3.8, 4) is 0 Å². The summed E-state index contributed by atoms with van der Waals surface area (Å²) in [6, 6.07) is 0. The Labute approximate surface area is 113 Å². The smallest absolute Gasteiger partial charge is 0.303 e. The zero-order chi connectivity index (χ0) is 12.1. The van der Waals surface area contributed by atoms with Crippen LogP contribution in [0.2, 0.25) is 0 Å². The molecule has 0 rings (SSSR count). The molecule has 0 bridgehead atoms. The summed E-state index contributed by atoms with van der Waals surface area (Å²) < 4.78 is 1.21. The Bertz CT molecular complexity index is 190. The predicted molar refractivity (Wildman–Crippen MR) is 77.2 cm³/mol.